The second kappa shape index (κ2) is 5.60. The predicted octanol–water partition coefficient (Wildman–Crippen LogP) is 3.19. The van der Waals surface area contributed by atoms with Gasteiger partial charge in [0.1, 0.15) is 11.5 Å². The zero-order chi connectivity index (χ0) is 12.3. The van der Waals surface area contributed by atoms with Gasteiger partial charge < -0.3 is 4.42 Å². The van der Waals surface area contributed by atoms with E-state index in [0.717, 1.165) is 15.8 Å². The number of halogens is 1. The van der Waals surface area contributed by atoms with Crippen LogP contribution in [0.5, 0.6) is 0 Å². The number of hydrogen-bond acceptors (Lipinski definition) is 3. The molecule has 0 bridgehead atoms. The highest BCUT2D eigenvalue weighted by molar-refractivity contribution is 9.10. The van der Waals surface area contributed by atoms with Crippen LogP contribution in [0.25, 0.3) is 0 Å². The summed E-state index contributed by atoms with van der Waals surface area (Å²) in [6, 6.07) is 7.82. The number of oxazole rings is 1. The van der Waals surface area contributed by atoms with Crippen LogP contribution < -0.4 is 0 Å². The van der Waals surface area contributed by atoms with Crippen molar-refractivity contribution in [3.8, 4) is 0 Å². The summed E-state index contributed by atoms with van der Waals surface area (Å²) in [5.74, 6) is 2.16. The molecule has 90 valence electrons. The smallest absolute Gasteiger partial charge is 0.206 e. The molecule has 0 saturated heterocycles. The molecule has 0 saturated carbocycles. The molecule has 2 aromatic rings. The average Bonchev–Trinajstić information content (AvgIpc) is 2.63. The monoisotopic (exact) mass is 313 g/mol. The molecule has 0 radical (unpaired) electrons. The van der Waals surface area contributed by atoms with Gasteiger partial charge in [-0.3, -0.25) is 4.21 Å². The van der Waals surface area contributed by atoms with E-state index >= 15 is 0 Å². The largest absolute Gasteiger partial charge is 0.445 e. The van der Waals surface area contributed by atoms with Crippen LogP contribution in [0.3, 0.4) is 0 Å². The van der Waals surface area contributed by atoms with Crippen LogP contribution in [-0.4, -0.2) is 9.19 Å². The molecule has 0 aliphatic rings. The Labute approximate surface area is 111 Å². The third-order valence-electron chi connectivity index (χ3n) is 2.17. The van der Waals surface area contributed by atoms with E-state index in [-0.39, 0.29) is 0 Å². The van der Waals surface area contributed by atoms with Crippen molar-refractivity contribution in [3.05, 3.63) is 52.1 Å². The normalized spacial score (nSPS) is 12.6. The SMILES string of the molecule is Cc1cnc(C[S@](=O)Cc2cccc(Br)c2)o1. The third-order valence-corrected chi connectivity index (χ3v) is 3.89. The van der Waals surface area contributed by atoms with Crippen molar-refractivity contribution in [2.24, 2.45) is 0 Å². The molecular weight excluding hydrogens is 302 g/mol. The maximum Gasteiger partial charge on any atom is 0.206 e. The maximum atomic E-state index is 11.9. The number of aromatic nitrogens is 1. The highest BCUT2D eigenvalue weighted by atomic mass is 79.9. The van der Waals surface area contributed by atoms with Crippen molar-refractivity contribution in [1.82, 2.24) is 4.98 Å². The zero-order valence-electron chi connectivity index (χ0n) is 9.35. The highest BCUT2D eigenvalue weighted by Crippen LogP contribution is 2.14. The van der Waals surface area contributed by atoms with Gasteiger partial charge in [-0.05, 0) is 24.6 Å². The van der Waals surface area contributed by atoms with Crippen molar-refractivity contribution in [2.45, 2.75) is 18.4 Å². The van der Waals surface area contributed by atoms with Gasteiger partial charge in [-0.25, -0.2) is 4.98 Å². The fraction of sp³-hybridized carbons (Fsp3) is 0.250. The lowest BCUT2D eigenvalue weighted by atomic mass is 10.2. The number of nitrogens with zero attached hydrogens (tertiary/aromatic N) is 1. The second-order valence-corrected chi connectivity index (χ2v) is 6.10. The van der Waals surface area contributed by atoms with E-state index in [1.807, 2.05) is 31.2 Å². The molecular formula is C12H12BrNO2S. The van der Waals surface area contributed by atoms with Gasteiger partial charge in [-0.1, -0.05) is 28.1 Å². The van der Waals surface area contributed by atoms with E-state index in [1.165, 1.54) is 0 Å². The first kappa shape index (κ1) is 12.5. The van der Waals surface area contributed by atoms with Gasteiger partial charge in [-0.15, -0.1) is 0 Å². The van der Waals surface area contributed by atoms with E-state index in [4.69, 9.17) is 4.42 Å². The van der Waals surface area contributed by atoms with Crippen LogP contribution in [0.2, 0.25) is 0 Å². The third kappa shape index (κ3) is 3.78. The predicted molar refractivity (Wildman–Crippen MR) is 70.9 cm³/mol. The summed E-state index contributed by atoms with van der Waals surface area (Å²) in [4.78, 5) is 4.05. The summed E-state index contributed by atoms with van der Waals surface area (Å²) in [6.07, 6.45) is 1.64. The molecule has 0 unspecified atom stereocenters. The Morgan fingerprint density at radius 2 is 2.24 bits per heavy atom. The highest BCUT2D eigenvalue weighted by Gasteiger charge is 2.08. The molecule has 1 atom stereocenters. The van der Waals surface area contributed by atoms with Crippen molar-refractivity contribution < 1.29 is 8.63 Å². The molecule has 3 nitrogen and oxygen atoms in total. The summed E-state index contributed by atoms with van der Waals surface area (Å²) >= 11 is 3.39. The molecule has 1 aromatic carbocycles. The fourth-order valence-electron chi connectivity index (χ4n) is 1.47. The van der Waals surface area contributed by atoms with Crippen LogP contribution in [0, 0.1) is 6.92 Å². The minimum atomic E-state index is -0.994. The summed E-state index contributed by atoms with van der Waals surface area (Å²) in [7, 11) is -0.994. The lowest BCUT2D eigenvalue weighted by Crippen LogP contribution is -1.99. The van der Waals surface area contributed by atoms with Crippen LogP contribution in [0.15, 0.2) is 39.4 Å². The van der Waals surface area contributed by atoms with Crippen molar-refractivity contribution in [3.63, 3.8) is 0 Å². The minimum Gasteiger partial charge on any atom is -0.445 e. The summed E-state index contributed by atoms with van der Waals surface area (Å²) in [5, 5.41) is 0. The lowest BCUT2D eigenvalue weighted by Gasteiger charge is -2.01. The van der Waals surface area contributed by atoms with Gasteiger partial charge in [-0.2, -0.15) is 0 Å². The van der Waals surface area contributed by atoms with Gasteiger partial charge >= 0.3 is 0 Å². The van der Waals surface area contributed by atoms with E-state index in [2.05, 4.69) is 20.9 Å². The van der Waals surface area contributed by atoms with Crippen LogP contribution in [-0.2, 0) is 22.3 Å². The summed E-state index contributed by atoms with van der Waals surface area (Å²) < 4.78 is 18.2. The molecule has 2 rings (SSSR count). The van der Waals surface area contributed by atoms with Gasteiger partial charge in [0.2, 0.25) is 5.89 Å². The van der Waals surface area contributed by atoms with Gasteiger partial charge in [0, 0.05) is 21.0 Å². The Kier molecular flexibility index (Phi) is 4.12. The van der Waals surface area contributed by atoms with Gasteiger partial charge in [0.05, 0.1) is 6.20 Å². The molecule has 5 heteroatoms. The van der Waals surface area contributed by atoms with E-state index in [0.29, 0.717) is 17.4 Å². The lowest BCUT2D eigenvalue weighted by molar-refractivity contribution is 0.488. The molecule has 0 fully saturated rings. The van der Waals surface area contributed by atoms with E-state index in [1.54, 1.807) is 6.20 Å². The molecule has 1 aromatic heterocycles. The minimum absolute atomic E-state index is 0.361. The molecule has 0 N–H and O–H groups in total. The first-order chi connectivity index (χ1) is 8.13. The summed E-state index contributed by atoms with van der Waals surface area (Å²) in [6.45, 7) is 1.83. The van der Waals surface area contributed by atoms with Gasteiger partial charge in [0.15, 0.2) is 0 Å². The topological polar surface area (TPSA) is 43.1 Å². The van der Waals surface area contributed by atoms with Crippen molar-refractivity contribution in [2.75, 3.05) is 0 Å². The van der Waals surface area contributed by atoms with E-state index < -0.39 is 10.8 Å². The van der Waals surface area contributed by atoms with Crippen molar-refractivity contribution >= 4 is 26.7 Å². The Balaban J connectivity index is 1.98. The first-order valence-corrected chi connectivity index (χ1v) is 7.42. The Bertz CT molecular complexity index is 539. The number of aryl methyl sites for hydroxylation is 1. The first-order valence-electron chi connectivity index (χ1n) is 5.14. The Morgan fingerprint density at radius 3 is 2.88 bits per heavy atom. The van der Waals surface area contributed by atoms with Crippen LogP contribution in [0.4, 0.5) is 0 Å². The number of hydrogen-bond donors (Lipinski definition) is 0. The Hall–Kier alpha value is -0.940. The number of benzene rings is 1. The van der Waals surface area contributed by atoms with Crippen molar-refractivity contribution in [1.29, 1.82) is 0 Å². The fourth-order valence-corrected chi connectivity index (χ4v) is 2.98. The standard InChI is InChI=1S/C12H12BrNO2S/c1-9-6-14-12(16-9)8-17(15)7-10-3-2-4-11(13)5-10/h2-6H,7-8H2,1H3/t17-/m1/s1. The molecule has 0 aliphatic heterocycles. The Morgan fingerprint density at radius 1 is 1.41 bits per heavy atom. The second-order valence-electron chi connectivity index (χ2n) is 3.72. The molecule has 1 heterocycles. The number of rotatable bonds is 4. The summed E-state index contributed by atoms with van der Waals surface area (Å²) in [5.41, 5.74) is 1.04. The molecule has 17 heavy (non-hydrogen) atoms. The van der Waals surface area contributed by atoms with E-state index in [9.17, 15) is 4.21 Å². The average molecular weight is 314 g/mol. The zero-order valence-corrected chi connectivity index (χ0v) is 11.8. The molecule has 0 spiro atoms. The molecule has 0 aliphatic carbocycles. The maximum absolute atomic E-state index is 11.9. The van der Waals surface area contributed by atoms with Gasteiger partial charge in [0.25, 0.3) is 0 Å². The van der Waals surface area contributed by atoms with Crippen LogP contribution >= 0.6 is 15.9 Å². The quantitative estimate of drug-likeness (QED) is 0.870. The molecule has 0 amide bonds. The van der Waals surface area contributed by atoms with Crippen LogP contribution in [0.1, 0.15) is 17.2 Å².